The normalized spacial score (nSPS) is 12.0. The highest BCUT2D eigenvalue weighted by Crippen LogP contribution is 2.31. The van der Waals surface area contributed by atoms with Gasteiger partial charge in [-0.15, -0.1) is 0 Å². The molecule has 0 heteroatoms. The third-order valence-electron chi connectivity index (χ3n) is 3.31. The molecule has 0 unspecified atom stereocenters. The fourth-order valence-electron chi connectivity index (χ4n) is 1.71. The van der Waals surface area contributed by atoms with Gasteiger partial charge in [-0.3, -0.25) is 0 Å². The molecule has 0 rings (SSSR count). The molecule has 0 N–H and O–H groups in total. The minimum Gasteiger partial charge on any atom is -0.0654 e. The van der Waals surface area contributed by atoms with E-state index in [1.54, 1.807) is 0 Å². The van der Waals surface area contributed by atoms with Crippen LogP contribution in [-0.2, 0) is 0 Å². The smallest absolute Gasteiger partial charge is 0.0302 e. The molecule has 0 aromatic heterocycles. The maximum absolute atomic E-state index is 4.32. The van der Waals surface area contributed by atoms with Gasteiger partial charge in [0.15, 0.2) is 0 Å². The zero-order chi connectivity index (χ0) is 10.2. The fraction of sp³-hybridized carbons (Fsp3) is 0.923. The molecule has 0 nitrogen and oxygen atoms in total. The molecule has 0 bridgehead atoms. The van der Waals surface area contributed by atoms with E-state index in [9.17, 15) is 0 Å². The van der Waals surface area contributed by atoms with Gasteiger partial charge in [0.25, 0.3) is 0 Å². The lowest BCUT2D eigenvalue weighted by Crippen LogP contribution is -2.13. The van der Waals surface area contributed by atoms with Crippen LogP contribution < -0.4 is 0 Å². The van der Waals surface area contributed by atoms with Crippen molar-refractivity contribution in [2.75, 3.05) is 0 Å². The van der Waals surface area contributed by atoms with Crippen LogP contribution in [0.3, 0.4) is 0 Å². The predicted octanol–water partition coefficient (Wildman–Crippen LogP) is 4.99. The van der Waals surface area contributed by atoms with Crippen LogP contribution in [0.15, 0.2) is 0 Å². The molecule has 0 atom stereocenters. The molecule has 13 heavy (non-hydrogen) atoms. The zero-order valence-electron chi connectivity index (χ0n) is 9.86. The van der Waals surface area contributed by atoms with Crippen molar-refractivity contribution in [2.24, 2.45) is 5.41 Å². The van der Waals surface area contributed by atoms with E-state index in [1.165, 1.54) is 51.4 Å². The summed E-state index contributed by atoms with van der Waals surface area (Å²) in [7, 11) is 0. The van der Waals surface area contributed by atoms with E-state index >= 15 is 0 Å². The molecular weight excluding hydrogens is 156 g/mol. The highest BCUT2D eigenvalue weighted by Gasteiger charge is 2.18. The Kier molecular flexibility index (Phi) is 7.41. The lowest BCUT2D eigenvalue weighted by atomic mass is 9.80. The van der Waals surface area contributed by atoms with Crippen molar-refractivity contribution in [2.45, 2.75) is 72.1 Å². The molecule has 0 aromatic rings. The van der Waals surface area contributed by atoms with Crippen LogP contribution in [0.25, 0.3) is 0 Å². The van der Waals surface area contributed by atoms with Gasteiger partial charge in [0.05, 0.1) is 0 Å². The summed E-state index contributed by atoms with van der Waals surface area (Å²) in [4.78, 5) is 0. The second-order valence-electron chi connectivity index (χ2n) is 4.37. The minimum atomic E-state index is 0.381. The number of rotatable bonds is 8. The Bertz CT molecular complexity index is 101. The van der Waals surface area contributed by atoms with Gasteiger partial charge in [0.2, 0.25) is 0 Å². The molecule has 0 aliphatic rings. The van der Waals surface area contributed by atoms with Crippen LogP contribution in [0.2, 0.25) is 0 Å². The van der Waals surface area contributed by atoms with Crippen LogP contribution >= 0.6 is 0 Å². The summed E-state index contributed by atoms with van der Waals surface area (Å²) in [5.41, 5.74) is 0.381. The lowest BCUT2D eigenvalue weighted by Gasteiger charge is -2.26. The molecule has 1 radical (unpaired) electrons. The monoisotopic (exact) mass is 183 g/mol. The molecule has 0 fully saturated rings. The molecule has 0 heterocycles. The van der Waals surface area contributed by atoms with Crippen molar-refractivity contribution >= 4 is 0 Å². The van der Waals surface area contributed by atoms with Gasteiger partial charge in [-0.1, -0.05) is 65.7 Å². The second-order valence-corrected chi connectivity index (χ2v) is 4.37. The number of unbranched alkanes of at least 4 members (excludes halogenated alkanes) is 4. The Morgan fingerprint density at radius 2 is 1.38 bits per heavy atom. The van der Waals surface area contributed by atoms with Crippen LogP contribution in [0, 0.1) is 12.3 Å². The maximum Gasteiger partial charge on any atom is -0.0302 e. The SMILES string of the molecule is [CH2]C(CC)(CC)CCCCCCC. The van der Waals surface area contributed by atoms with Gasteiger partial charge in [0, 0.05) is 0 Å². The first-order valence-corrected chi connectivity index (χ1v) is 6.04. The van der Waals surface area contributed by atoms with E-state index in [0.29, 0.717) is 5.41 Å². The van der Waals surface area contributed by atoms with Crippen LogP contribution in [0.4, 0.5) is 0 Å². The average molecular weight is 183 g/mol. The third-order valence-corrected chi connectivity index (χ3v) is 3.31. The van der Waals surface area contributed by atoms with Crippen molar-refractivity contribution in [3.05, 3.63) is 6.92 Å². The van der Waals surface area contributed by atoms with Crippen molar-refractivity contribution in [3.63, 3.8) is 0 Å². The summed E-state index contributed by atoms with van der Waals surface area (Å²) in [6.45, 7) is 11.1. The van der Waals surface area contributed by atoms with Gasteiger partial charge in [0.1, 0.15) is 0 Å². The highest BCUT2D eigenvalue weighted by atomic mass is 14.2. The van der Waals surface area contributed by atoms with E-state index in [-0.39, 0.29) is 0 Å². The van der Waals surface area contributed by atoms with Crippen molar-refractivity contribution < 1.29 is 0 Å². The Hall–Kier alpha value is 0. The quantitative estimate of drug-likeness (QED) is 0.465. The highest BCUT2D eigenvalue weighted by molar-refractivity contribution is 4.78. The van der Waals surface area contributed by atoms with Crippen molar-refractivity contribution in [1.29, 1.82) is 0 Å². The van der Waals surface area contributed by atoms with E-state index in [2.05, 4.69) is 27.7 Å². The first kappa shape index (κ1) is 13.0. The Morgan fingerprint density at radius 1 is 0.846 bits per heavy atom. The topological polar surface area (TPSA) is 0 Å². The van der Waals surface area contributed by atoms with Gasteiger partial charge in [-0.25, -0.2) is 0 Å². The van der Waals surface area contributed by atoms with Crippen molar-refractivity contribution in [3.8, 4) is 0 Å². The van der Waals surface area contributed by atoms with Gasteiger partial charge in [-0.2, -0.15) is 0 Å². The molecule has 0 spiro atoms. The molecule has 0 aliphatic carbocycles. The standard InChI is InChI=1S/C13H27/c1-5-8-9-10-11-12-13(4,6-2)7-3/h4-12H2,1-3H3. The Morgan fingerprint density at radius 3 is 1.85 bits per heavy atom. The summed E-state index contributed by atoms with van der Waals surface area (Å²) in [6.07, 6.45) is 10.7. The first-order valence-electron chi connectivity index (χ1n) is 6.04. The first-order chi connectivity index (χ1) is 6.18. The summed E-state index contributed by atoms with van der Waals surface area (Å²) in [5, 5.41) is 0. The maximum atomic E-state index is 4.32. The fourth-order valence-corrected chi connectivity index (χ4v) is 1.71. The Labute approximate surface area is 85.1 Å². The van der Waals surface area contributed by atoms with Gasteiger partial charge >= 0.3 is 0 Å². The number of hydrogen-bond acceptors (Lipinski definition) is 0. The van der Waals surface area contributed by atoms with E-state index in [0.717, 1.165) is 0 Å². The predicted molar refractivity (Wildman–Crippen MR) is 61.7 cm³/mol. The summed E-state index contributed by atoms with van der Waals surface area (Å²) in [5.74, 6) is 0. The number of hydrogen-bond donors (Lipinski definition) is 0. The molecule has 0 amide bonds. The summed E-state index contributed by atoms with van der Waals surface area (Å²) < 4.78 is 0. The van der Waals surface area contributed by atoms with Crippen LogP contribution in [0.1, 0.15) is 72.1 Å². The minimum absolute atomic E-state index is 0.381. The van der Waals surface area contributed by atoms with Gasteiger partial charge in [-0.05, 0) is 18.8 Å². The summed E-state index contributed by atoms with van der Waals surface area (Å²) >= 11 is 0. The molecular formula is C13H27. The third kappa shape index (κ3) is 6.12. The van der Waals surface area contributed by atoms with Gasteiger partial charge < -0.3 is 0 Å². The van der Waals surface area contributed by atoms with Crippen molar-refractivity contribution in [1.82, 2.24) is 0 Å². The van der Waals surface area contributed by atoms with Crippen LogP contribution in [0.5, 0.6) is 0 Å². The zero-order valence-corrected chi connectivity index (χ0v) is 9.86. The van der Waals surface area contributed by atoms with E-state index in [1.807, 2.05) is 0 Å². The largest absolute Gasteiger partial charge is 0.0654 e. The molecule has 0 aromatic carbocycles. The summed E-state index contributed by atoms with van der Waals surface area (Å²) in [6, 6.07) is 0. The average Bonchev–Trinajstić information content (AvgIpc) is 2.17. The van der Waals surface area contributed by atoms with E-state index in [4.69, 9.17) is 0 Å². The molecule has 0 saturated carbocycles. The van der Waals surface area contributed by atoms with E-state index < -0.39 is 0 Å². The molecule has 0 saturated heterocycles. The lowest BCUT2D eigenvalue weighted by molar-refractivity contribution is 0.305. The Balaban J connectivity index is 3.39. The molecule has 79 valence electrons. The molecule has 0 aliphatic heterocycles. The van der Waals surface area contributed by atoms with Crippen LogP contribution in [-0.4, -0.2) is 0 Å². The second kappa shape index (κ2) is 7.41.